The van der Waals surface area contributed by atoms with E-state index in [2.05, 4.69) is 16.8 Å². The molecule has 0 spiro atoms. The Balaban J connectivity index is 1.71. The molecular formula is C31H40N4O3. The van der Waals surface area contributed by atoms with E-state index in [1.54, 1.807) is 6.08 Å². The van der Waals surface area contributed by atoms with Gasteiger partial charge in [0.1, 0.15) is 6.04 Å². The Hall–Kier alpha value is -3.61. The first-order valence-electron chi connectivity index (χ1n) is 13.7. The van der Waals surface area contributed by atoms with E-state index < -0.39 is 23.8 Å². The van der Waals surface area contributed by atoms with Crippen molar-refractivity contribution in [2.24, 2.45) is 29.4 Å². The summed E-state index contributed by atoms with van der Waals surface area (Å²) in [6.45, 7) is 8.68. The molecule has 3 amide bonds. The van der Waals surface area contributed by atoms with Gasteiger partial charge < -0.3 is 20.9 Å². The summed E-state index contributed by atoms with van der Waals surface area (Å²) in [5.41, 5.74) is 8.46. The van der Waals surface area contributed by atoms with Gasteiger partial charge in [-0.3, -0.25) is 14.4 Å². The summed E-state index contributed by atoms with van der Waals surface area (Å²) >= 11 is 0. The number of rotatable bonds is 11. The van der Waals surface area contributed by atoms with Crippen molar-refractivity contribution in [3.8, 4) is 0 Å². The third kappa shape index (κ3) is 6.09. The van der Waals surface area contributed by atoms with Crippen molar-refractivity contribution in [1.29, 1.82) is 0 Å². The van der Waals surface area contributed by atoms with Gasteiger partial charge in [-0.25, -0.2) is 0 Å². The Kier molecular flexibility index (Phi) is 8.87. The van der Waals surface area contributed by atoms with Crippen LogP contribution < -0.4 is 20.9 Å². The fourth-order valence-electron chi connectivity index (χ4n) is 5.57. The van der Waals surface area contributed by atoms with E-state index in [1.807, 2.05) is 73.3 Å². The van der Waals surface area contributed by atoms with Crippen LogP contribution in [0.1, 0.15) is 46.0 Å². The SMILES string of the molecule is C=CC[C@H](C(N)=O)[C@@H](CC(C)C)C(=O)NC1CN(c2ccccc2)c2ccccc2N(CC2CCC2)C1=O. The molecule has 1 unspecified atom stereocenters. The van der Waals surface area contributed by atoms with E-state index in [9.17, 15) is 14.4 Å². The lowest BCUT2D eigenvalue weighted by molar-refractivity contribution is -0.135. The van der Waals surface area contributed by atoms with Crippen LogP contribution in [0.2, 0.25) is 0 Å². The number of nitrogens with two attached hydrogens (primary N) is 1. The maximum atomic E-state index is 14.1. The summed E-state index contributed by atoms with van der Waals surface area (Å²) in [5, 5.41) is 3.07. The Bertz CT molecular complexity index is 1140. The summed E-state index contributed by atoms with van der Waals surface area (Å²) in [7, 11) is 0. The smallest absolute Gasteiger partial charge is 0.251 e. The van der Waals surface area contributed by atoms with Gasteiger partial charge in [0.2, 0.25) is 11.8 Å². The van der Waals surface area contributed by atoms with Gasteiger partial charge in [0.05, 0.1) is 29.8 Å². The average Bonchev–Trinajstić information content (AvgIpc) is 2.98. The number of nitrogens with one attached hydrogen (secondary N) is 1. The highest BCUT2D eigenvalue weighted by Gasteiger charge is 2.39. The van der Waals surface area contributed by atoms with Crippen molar-refractivity contribution in [1.82, 2.24) is 5.32 Å². The predicted molar refractivity (Wildman–Crippen MR) is 152 cm³/mol. The summed E-state index contributed by atoms with van der Waals surface area (Å²) in [6, 6.07) is 17.1. The largest absolute Gasteiger partial charge is 0.369 e. The fourth-order valence-corrected chi connectivity index (χ4v) is 5.57. The minimum atomic E-state index is -0.790. The molecule has 0 saturated heterocycles. The number of carbonyl (C=O) groups excluding carboxylic acids is 3. The number of primary amides is 1. The Morgan fingerprint density at radius 2 is 1.71 bits per heavy atom. The van der Waals surface area contributed by atoms with Crippen molar-refractivity contribution in [3.05, 3.63) is 67.3 Å². The van der Waals surface area contributed by atoms with Crippen LogP contribution in [-0.2, 0) is 14.4 Å². The molecule has 7 heteroatoms. The number of benzene rings is 2. The molecule has 1 aliphatic heterocycles. The first kappa shape index (κ1) is 27.4. The summed E-state index contributed by atoms with van der Waals surface area (Å²) in [4.78, 5) is 44.2. The number of nitrogens with zero attached hydrogens (tertiary/aromatic N) is 2. The van der Waals surface area contributed by atoms with E-state index in [0.717, 1.165) is 29.9 Å². The van der Waals surface area contributed by atoms with Crippen LogP contribution in [0.4, 0.5) is 17.1 Å². The van der Waals surface area contributed by atoms with Gasteiger partial charge in [-0.15, -0.1) is 6.58 Å². The number of hydrogen-bond donors (Lipinski definition) is 2. The fraction of sp³-hybridized carbons (Fsp3) is 0.452. The van der Waals surface area contributed by atoms with E-state index in [1.165, 1.54) is 6.42 Å². The van der Waals surface area contributed by atoms with Crippen LogP contribution in [-0.4, -0.2) is 36.9 Å². The van der Waals surface area contributed by atoms with Gasteiger partial charge in [-0.05, 0) is 61.8 Å². The molecule has 4 rings (SSSR count). The monoisotopic (exact) mass is 516 g/mol. The van der Waals surface area contributed by atoms with Crippen molar-refractivity contribution < 1.29 is 14.4 Å². The molecule has 0 bridgehead atoms. The zero-order chi connectivity index (χ0) is 27.2. The molecule has 7 nitrogen and oxygen atoms in total. The Morgan fingerprint density at radius 3 is 2.29 bits per heavy atom. The van der Waals surface area contributed by atoms with Gasteiger partial charge in [-0.2, -0.15) is 0 Å². The standard InChI is InChI=1S/C31H40N4O3/c1-4-11-24(29(32)36)25(18-21(2)3)30(37)33-26-20-34(23-14-6-5-7-15-23)27-16-8-9-17-28(27)35(31(26)38)19-22-12-10-13-22/h4-9,14-17,21-22,24-26H,1,10-13,18-20H2,2-3H3,(H2,32,36)(H,33,37)/t24-,25+,26?/m0/s1. The molecule has 3 N–H and O–H groups in total. The second-order valence-corrected chi connectivity index (χ2v) is 11.0. The minimum absolute atomic E-state index is 0.126. The Labute approximate surface area is 226 Å². The van der Waals surface area contributed by atoms with Crippen LogP contribution in [0.15, 0.2) is 67.3 Å². The highest BCUT2D eigenvalue weighted by molar-refractivity contribution is 6.04. The number of allylic oxidation sites excluding steroid dienone is 1. The third-order valence-electron chi connectivity index (χ3n) is 7.78. The molecular weight excluding hydrogens is 476 g/mol. The maximum Gasteiger partial charge on any atom is 0.251 e. The van der Waals surface area contributed by atoms with Crippen LogP contribution >= 0.6 is 0 Å². The third-order valence-corrected chi connectivity index (χ3v) is 7.78. The lowest BCUT2D eigenvalue weighted by Gasteiger charge is -2.34. The second-order valence-electron chi connectivity index (χ2n) is 11.0. The van der Waals surface area contributed by atoms with Gasteiger partial charge >= 0.3 is 0 Å². The molecule has 1 fully saturated rings. The van der Waals surface area contributed by atoms with E-state index >= 15 is 0 Å². The summed E-state index contributed by atoms with van der Waals surface area (Å²) in [5.74, 6) is -1.67. The lowest BCUT2D eigenvalue weighted by atomic mass is 9.82. The average molecular weight is 517 g/mol. The topological polar surface area (TPSA) is 95.7 Å². The molecule has 3 atom stereocenters. The Morgan fingerprint density at radius 1 is 1.05 bits per heavy atom. The van der Waals surface area contributed by atoms with Crippen LogP contribution in [0.25, 0.3) is 0 Å². The molecule has 38 heavy (non-hydrogen) atoms. The predicted octanol–water partition coefficient (Wildman–Crippen LogP) is 4.80. The van der Waals surface area contributed by atoms with E-state index in [-0.39, 0.29) is 24.3 Å². The molecule has 2 aromatic carbocycles. The second kappa shape index (κ2) is 12.3. The van der Waals surface area contributed by atoms with Gasteiger partial charge in [-0.1, -0.05) is 56.7 Å². The highest BCUT2D eigenvalue weighted by Crippen LogP contribution is 2.39. The quantitative estimate of drug-likeness (QED) is 0.420. The molecule has 0 aromatic heterocycles. The number of amides is 3. The zero-order valence-corrected chi connectivity index (χ0v) is 22.5. The lowest BCUT2D eigenvalue weighted by Crippen LogP contribution is -2.55. The number of fused-ring (bicyclic) bond motifs is 1. The maximum absolute atomic E-state index is 14.1. The molecule has 2 aliphatic rings. The summed E-state index contributed by atoms with van der Waals surface area (Å²) in [6.07, 6.45) is 5.81. The van der Waals surface area contributed by atoms with Crippen LogP contribution in [0.3, 0.4) is 0 Å². The van der Waals surface area contributed by atoms with Gasteiger partial charge in [0, 0.05) is 12.2 Å². The normalized spacial score (nSPS) is 19.2. The number of carbonyl (C=O) groups is 3. The highest BCUT2D eigenvalue weighted by atomic mass is 16.2. The van der Waals surface area contributed by atoms with Crippen molar-refractivity contribution in [2.45, 2.75) is 52.0 Å². The van der Waals surface area contributed by atoms with Crippen molar-refractivity contribution in [3.63, 3.8) is 0 Å². The van der Waals surface area contributed by atoms with Crippen molar-refractivity contribution in [2.75, 3.05) is 22.9 Å². The summed E-state index contributed by atoms with van der Waals surface area (Å²) < 4.78 is 0. The number of para-hydroxylation sites is 3. The first-order chi connectivity index (χ1) is 18.3. The first-order valence-corrected chi connectivity index (χ1v) is 13.7. The van der Waals surface area contributed by atoms with Gasteiger partial charge in [0.15, 0.2) is 0 Å². The van der Waals surface area contributed by atoms with E-state index in [0.29, 0.717) is 25.3 Å². The number of hydrogen-bond acceptors (Lipinski definition) is 4. The number of anilines is 3. The molecule has 1 aliphatic carbocycles. The molecule has 1 heterocycles. The van der Waals surface area contributed by atoms with Gasteiger partial charge in [0.25, 0.3) is 5.91 Å². The van der Waals surface area contributed by atoms with Crippen molar-refractivity contribution >= 4 is 34.8 Å². The van der Waals surface area contributed by atoms with Crippen LogP contribution in [0, 0.1) is 23.7 Å². The van der Waals surface area contributed by atoms with E-state index in [4.69, 9.17) is 5.73 Å². The van der Waals surface area contributed by atoms with Crippen LogP contribution in [0.5, 0.6) is 0 Å². The molecule has 2 aromatic rings. The molecule has 202 valence electrons. The minimum Gasteiger partial charge on any atom is -0.369 e. The zero-order valence-electron chi connectivity index (χ0n) is 22.5. The molecule has 1 saturated carbocycles. The molecule has 0 radical (unpaired) electrons.